The average molecular weight is 486 g/mol. The largest absolute Gasteiger partial charge is 0.493 e. The third kappa shape index (κ3) is 5.85. The Morgan fingerprint density at radius 2 is 1.97 bits per heavy atom. The summed E-state index contributed by atoms with van der Waals surface area (Å²) in [4.78, 5) is 21.0. The first-order chi connectivity index (χ1) is 16.3. The number of rotatable bonds is 9. The zero-order valence-corrected chi connectivity index (χ0v) is 20.3. The lowest BCUT2D eigenvalue weighted by Gasteiger charge is -2.28. The average Bonchev–Trinajstić information content (AvgIpc) is 3.26. The molecule has 0 bridgehead atoms. The van der Waals surface area contributed by atoms with E-state index < -0.39 is 9.84 Å². The third-order valence-corrected chi connectivity index (χ3v) is 7.21. The summed E-state index contributed by atoms with van der Waals surface area (Å²) < 4.78 is 30.5. The SMILES string of the molecule is CNC(=O)C1CCC(Nc2nccc(-n3ccc4c(OCCCS(C)(=O)=O)cccc43)n2)CC1. The van der Waals surface area contributed by atoms with Crippen LogP contribution in [0.1, 0.15) is 32.1 Å². The summed E-state index contributed by atoms with van der Waals surface area (Å²) in [5.74, 6) is 2.33. The lowest BCUT2D eigenvalue weighted by molar-refractivity contribution is -0.125. The predicted octanol–water partition coefficient (Wildman–Crippen LogP) is 2.95. The van der Waals surface area contributed by atoms with Crippen molar-refractivity contribution in [2.45, 2.75) is 38.1 Å². The van der Waals surface area contributed by atoms with Crippen LogP contribution < -0.4 is 15.4 Å². The van der Waals surface area contributed by atoms with E-state index in [1.165, 1.54) is 6.26 Å². The first-order valence-corrected chi connectivity index (χ1v) is 13.6. The molecule has 1 aromatic carbocycles. The Bertz CT molecular complexity index is 1250. The molecule has 0 aliphatic heterocycles. The molecular weight excluding hydrogens is 454 g/mol. The molecular formula is C24H31N5O4S. The Morgan fingerprint density at radius 3 is 2.71 bits per heavy atom. The van der Waals surface area contributed by atoms with E-state index in [4.69, 9.17) is 9.72 Å². The van der Waals surface area contributed by atoms with E-state index in [2.05, 4.69) is 15.6 Å². The number of hydrogen-bond acceptors (Lipinski definition) is 7. The molecule has 34 heavy (non-hydrogen) atoms. The van der Waals surface area contributed by atoms with Gasteiger partial charge in [-0.05, 0) is 56.4 Å². The van der Waals surface area contributed by atoms with Crippen molar-refractivity contribution in [2.24, 2.45) is 5.92 Å². The van der Waals surface area contributed by atoms with E-state index in [0.29, 0.717) is 24.7 Å². The molecule has 3 aromatic rings. The zero-order chi connectivity index (χ0) is 24.1. The van der Waals surface area contributed by atoms with Gasteiger partial charge in [0, 0.05) is 43.0 Å². The quantitative estimate of drug-likeness (QED) is 0.448. The molecule has 182 valence electrons. The molecule has 10 heteroatoms. The Morgan fingerprint density at radius 1 is 1.18 bits per heavy atom. The molecule has 0 saturated heterocycles. The summed E-state index contributed by atoms with van der Waals surface area (Å²) in [5.41, 5.74) is 0.941. The second kappa shape index (κ2) is 10.4. The van der Waals surface area contributed by atoms with Crippen LogP contribution in [0.5, 0.6) is 5.75 Å². The van der Waals surface area contributed by atoms with E-state index >= 15 is 0 Å². The predicted molar refractivity (Wildman–Crippen MR) is 132 cm³/mol. The van der Waals surface area contributed by atoms with Crippen LogP contribution in [-0.2, 0) is 14.6 Å². The summed E-state index contributed by atoms with van der Waals surface area (Å²) in [6.45, 7) is 0.334. The molecule has 2 aromatic heterocycles. The van der Waals surface area contributed by atoms with Crippen molar-refractivity contribution in [1.82, 2.24) is 19.9 Å². The maximum absolute atomic E-state index is 11.9. The summed E-state index contributed by atoms with van der Waals surface area (Å²) >= 11 is 0. The Labute approximate surface area is 199 Å². The number of nitrogens with one attached hydrogen (secondary N) is 2. The molecule has 2 N–H and O–H groups in total. The molecule has 1 saturated carbocycles. The van der Waals surface area contributed by atoms with Gasteiger partial charge in [-0.3, -0.25) is 4.79 Å². The molecule has 0 unspecified atom stereocenters. The van der Waals surface area contributed by atoms with Gasteiger partial charge in [-0.25, -0.2) is 13.4 Å². The van der Waals surface area contributed by atoms with Gasteiger partial charge in [0.15, 0.2) is 0 Å². The fourth-order valence-electron chi connectivity index (χ4n) is 4.41. The van der Waals surface area contributed by atoms with Crippen LogP contribution in [0.2, 0.25) is 0 Å². The Hall–Kier alpha value is -3.14. The van der Waals surface area contributed by atoms with Crippen LogP contribution in [0, 0.1) is 5.92 Å². The topological polar surface area (TPSA) is 115 Å². The number of aromatic nitrogens is 3. The van der Waals surface area contributed by atoms with Gasteiger partial charge in [-0.2, -0.15) is 4.98 Å². The number of hydrogen-bond donors (Lipinski definition) is 2. The molecule has 2 heterocycles. The van der Waals surface area contributed by atoms with Gasteiger partial charge in [0.2, 0.25) is 11.9 Å². The minimum atomic E-state index is -3.00. The molecule has 9 nitrogen and oxygen atoms in total. The maximum atomic E-state index is 11.9. The van der Waals surface area contributed by atoms with Gasteiger partial charge in [-0.15, -0.1) is 0 Å². The summed E-state index contributed by atoms with van der Waals surface area (Å²) in [5, 5.41) is 7.10. The van der Waals surface area contributed by atoms with E-state index in [9.17, 15) is 13.2 Å². The third-order valence-electron chi connectivity index (χ3n) is 6.18. The van der Waals surface area contributed by atoms with Crippen molar-refractivity contribution >= 4 is 32.6 Å². The van der Waals surface area contributed by atoms with Crippen LogP contribution in [0.15, 0.2) is 42.7 Å². The zero-order valence-electron chi connectivity index (χ0n) is 19.5. The molecule has 1 aliphatic rings. The molecule has 1 aliphatic carbocycles. The minimum absolute atomic E-state index is 0.0873. The van der Waals surface area contributed by atoms with Gasteiger partial charge >= 0.3 is 0 Å². The number of benzene rings is 1. The molecule has 1 amide bonds. The van der Waals surface area contributed by atoms with Crippen LogP contribution in [0.3, 0.4) is 0 Å². The number of carbonyl (C=O) groups excluding carboxylic acids is 1. The van der Waals surface area contributed by atoms with E-state index in [0.717, 1.165) is 42.4 Å². The van der Waals surface area contributed by atoms with Crippen molar-refractivity contribution in [2.75, 3.05) is 31.0 Å². The lowest BCUT2D eigenvalue weighted by Crippen LogP contribution is -2.34. The first kappa shape index (κ1) is 24.0. The van der Waals surface area contributed by atoms with Crippen LogP contribution in [0.4, 0.5) is 5.95 Å². The van der Waals surface area contributed by atoms with Crippen LogP contribution in [-0.4, -0.2) is 60.6 Å². The van der Waals surface area contributed by atoms with E-state index in [1.54, 1.807) is 13.2 Å². The molecule has 0 radical (unpaired) electrons. The number of fused-ring (bicyclic) bond motifs is 1. The Balaban J connectivity index is 1.44. The molecule has 1 fully saturated rings. The second-order valence-corrected chi connectivity index (χ2v) is 11.0. The number of ether oxygens (including phenoxy) is 1. The second-order valence-electron chi connectivity index (χ2n) is 8.75. The lowest BCUT2D eigenvalue weighted by atomic mass is 9.85. The summed E-state index contributed by atoms with van der Waals surface area (Å²) in [6.07, 6.45) is 8.86. The van der Waals surface area contributed by atoms with Gasteiger partial charge in [0.25, 0.3) is 0 Å². The number of carbonyl (C=O) groups is 1. The normalized spacial score (nSPS) is 18.5. The van der Waals surface area contributed by atoms with Gasteiger partial charge in [0.1, 0.15) is 21.4 Å². The number of amides is 1. The Kier molecular flexibility index (Phi) is 7.35. The number of anilines is 1. The standard InChI is InChI=1S/C24H31N5O4S/c1-25-23(30)17-7-9-18(10-8-17)27-24-26-13-11-22(28-24)29-14-12-19-20(29)5-3-6-21(19)33-15-4-16-34(2,31)32/h3,5-6,11-14,17-18H,4,7-10,15-16H2,1-2H3,(H,25,30)(H,26,27,28). The number of nitrogens with zero attached hydrogens (tertiary/aromatic N) is 3. The fourth-order valence-corrected chi connectivity index (χ4v) is 5.05. The van der Waals surface area contributed by atoms with E-state index in [1.807, 2.05) is 41.1 Å². The van der Waals surface area contributed by atoms with Crippen molar-refractivity contribution in [3.8, 4) is 11.6 Å². The van der Waals surface area contributed by atoms with Gasteiger partial charge < -0.3 is 19.9 Å². The highest BCUT2D eigenvalue weighted by Crippen LogP contribution is 2.29. The smallest absolute Gasteiger partial charge is 0.224 e. The number of sulfone groups is 1. The fraction of sp³-hybridized carbons (Fsp3) is 0.458. The first-order valence-electron chi connectivity index (χ1n) is 11.6. The molecule has 4 rings (SSSR count). The molecule has 0 spiro atoms. The van der Waals surface area contributed by atoms with Crippen molar-refractivity contribution in [3.05, 3.63) is 42.7 Å². The summed E-state index contributed by atoms with van der Waals surface area (Å²) in [6, 6.07) is 9.85. The van der Waals surface area contributed by atoms with Crippen LogP contribution >= 0.6 is 0 Å². The van der Waals surface area contributed by atoms with E-state index in [-0.39, 0.29) is 23.6 Å². The van der Waals surface area contributed by atoms with Crippen molar-refractivity contribution in [3.63, 3.8) is 0 Å². The highest BCUT2D eigenvalue weighted by Gasteiger charge is 2.26. The van der Waals surface area contributed by atoms with Crippen LogP contribution in [0.25, 0.3) is 16.7 Å². The minimum Gasteiger partial charge on any atom is -0.493 e. The van der Waals surface area contributed by atoms with Crippen molar-refractivity contribution in [1.29, 1.82) is 0 Å². The van der Waals surface area contributed by atoms with Crippen molar-refractivity contribution < 1.29 is 17.9 Å². The maximum Gasteiger partial charge on any atom is 0.224 e. The molecule has 0 atom stereocenters. The monoisotopic (exact) mass is 485 g/mol. The summed E-state index contributed by atoms with van der Waals surface area (Å²) in [7, 11) is -1.31. The highest BCUT2D eigenvalue weighted by molar-refractivity contribution is 7.90. The highest BCUT2D eigenvalue weighted by atomic mass is 32.2. The van der Waals surface area contributed by atoms with Gasteiger partial charge in [0.05, 0.1) is 17.9 Å². The van der Waals surface area contributed by atoms with Gasteiger partial charge in [-0.1, -0.05) is 6.07 Å².